The number of benzene rings is 2. The van der Waals surface area contributed by atoms with Gasteiger partial charge in [-0.25, -0.2) is 0 Å². The zero-order valence-corrected chi connectivity index (χ0v) is 17.0. The van der Waals surface area contributed by atoms with Crippen molar-refractivity contribution in [3.8, 4) is 11.5 Å². The second kappa shape index (κ2) is 10.2. The molecule has 2 aromatic rings. The van der Waals surface area contributed by atoms with Crippen LogP contribution in [0.2, 0.25) is 15.1 Å². The third-order valence-electron chi connectivity index (χ3n) is 3.56. The van der Waals surface area contributed by atoms with Gasteiger partial charge in [0.25, 0.3) is 0 Å². The summed E-state index contributed by atoms with van der Waals surface area (Å²) in [6, 6.07) is 8.97. The summed E-state index contributed by atoms with van der Waals surface area (Å²) in [4.78, 5) is 0. The Morgan fingerprint density at radius 2 is 1.77 bits per heavy atom. The number of ether oxygens (including phenoxy) is 2. The van der Waals surface area contributed by atoms with Gasteiger partial charge in [0.15, 0.2) is 11.5 Å². The fraction of sp³-hybridized carbons (Fsp3) is 0.368. The molecular formula is C19H22Cl3NO3. The van der Waals surface area contributed by atoms with E-state index in [-0.39, 0.29) is 6.61 Å². The first kappa shape index (κ1) is 21.1. The quantitative estimate of drug-likeness (QED) is 0.595. The van der Waals surface area contributed by atoms with Crippen molar-refractivity contribution in [1.29, 1.82) is 0 Å². The zero-order chi connectivity index (χ0) is 19.1. The maximum absolute atomic E-state index is 9.34. The summed E-state index contributed by atoms with van der Waals surface area (Å²) < 4.78 is 11.6. The molecule has 1 atom stereocenters. The SMILES string of the molecule is CCOc1cc(CNC[C@H](C)O)cc(Cl)c1OCc1c(Cl)cccc1Cl. The Hall–Kier alpha value is -1.17. The Bertz CT molecular complexity index is 718. The highest BCUT2D eigenvalue weighted by molar-refractivity contribution is 6.36. The molecule has 0 aliphatic rings. The number of rotatable bonds is 9. The molecule has 0 spiro atoms. The normalized spacial score (nSPS) is 12.1. The molecule has 0 amide bonds. The summed E-state index contributed by atoms with van der Waals surface area (Å²) in [5, 5.41) is 14.0. The van der Waals surface area contributed by atoms with Gasteiger partial charge in [0, 0.05) is 28.7 Å². The predicted molar refractivity (Wildman–Crippen MR) is 107 cm³/mol. The first-order chi connectivity index (χ1) is 12.4. The lowest BCUT2D eigenvalue weighted by Gasteiger charge is -2.16. The lowest BCUT2D eigenvalue weighted by atomic mass is 10.2. The van der Waals surface area contributed by atoms with E-state index in [4.69, 9.17) is 44.3 Å². The molecule has 0 heterocycles. The molecule has 0 aliphatic heterocycles. The Morgan fingerprint density at radius 1 is 1.08 bits per heavy atom. The molecule has 0 unspecified atom stereocenters. The van der Waals surface area contributed by atoms with E-state index in [1.54, 1.807) is 25.1 Å². The van der Waals surface area contributed by atoms with E-state index >= 15 is 0 Å². The van der Waals surface area contributed by atoms with Gasteiger partial charge in [0.05, 0.1) is 17.7 Å². The standard InChI is InChI=1S/C19H22Cl3NO3/c1-3-25-18-8-13(10-23-9-12(2)24)7-17(22)19(18)26-11-14-15(20)5-4-6-16(14)21/h4-8,12,23-24H,3,9-11H2,1-2H3/t12-/m0/s1. The largest absolute Gasteiger partial charge is 0.490 e. The van der Waals surface area contributed by atoms with Crippen molar-refractivity contribution in [3.05, 3.63) is 56.5 Å². The maximum atomic E-state index is 9.34. The smallest absolute Gasteiger partial charge is 0.180 e. The summed E-state index contributed by atoms with van der Waals surface area (Å²) in [5.74, 6) is 1.00. The summed E-state index contributed by atoms with van der Waals surface area (Å²) in [6.45, 7) is 5.32. The van der Waals surface area contributed by atoms with Crippen molar-refractivity contribution in [2.75, 3.05) is 13.2 Å². The number of aliphatic hydroxyl groups is 1. The summed E-state index contributed by atoms with van der Waals surface area (Å²) >= 11 is 18.8. The lowest BCUT2D eigenvalue weighted by molar-refractivity contribution is 0.191. The second-order valence-corrected chi connectivity index (χ2v) is 7.03. The molecule has 142 valence electrons. The van der Waals surface area contributed by atoms with E-state index in [1.807, 2.05) is 19.1 Å². The van der Waals surface area contributed by atoms with Crippen LogP contribution in [-0.4, -0.2) is 24.4 Å². The highest BCUT2D eigenvalue weighted by atomic mass is 35.5. The molecular weight excluding hydrogens is 397 g/mol. The third kappa shape index (κ3) is 5.93. The van der Waals surface area contributed by atoms with Crippen LogP contribution in [0.4, 0.5) is 0 Å². The molecule has 0 saturated carbocycles. The van der Waals surface area contributed by atoms with E-state index < -0.39 is 6.10 Å². The van der Waals surface area contributed by atoms with Crippen molar-refractivity contribution < 1.29 is 14.6 Å². The van der Waals surface area contributed by atoms with Gasteiger partial charge in [0.2, 0.25) is 0 Å². The van der Waals surface area contributed by atoms with Crippen molar-refractivity contribution in [2.24, 2.45) is 0 Å². The molecule has 2 N–H and O–H groups in total. The van der Waals surface area contributed by atoms with Gasteiger partial charge in [-0.3, -0.25) is 0 Å². The van der Waals surface area contributed by atoms with E-state index in [9.17, 15) is 5.11 Å². The van der Waals surface area contributed by atoms with E-state index in [2.05, 4.69) is 5.32 Å². The van der Waals surface area contributed by atoms with Crippen LogP contribution in [0.1, 0.15) is 25.0 Å². The molecule has 4 nitrogen and oxygen atoms in total. The molecule has 0 fully saturated rings. The number of nitrogens with one attached hydrogen (secondary N) is 1. The second-order valence-electron chi connectivity index (χ2n) is 5.81. The number of hydrogen-bond acceptors (Lipinski definition) is 4. The first-order valence-electron chi connectivity index (χ1n) is 8.32. The van der Waals surface area contributed by atoms with Crippen LogP contribution >= 0.6 is 34.8 Å². The monoisotopic (exact) mass is 417 g/mol. The van der Waals surface area contributed by atoms with Gasteiger partial charge in [-0.2, -0.15) is 0 Å². The average molecular weight is 419 g/mol. The summed E-state index contributed by atoms with van der Waals surface area (Å²) in [6.07, 6.45) is -0.417. The fourth-order valence-electron chi connectivity index (χ4n) is 2.37. The van der Waals surface area contributed by atoms with Crippen LogP contribution in [0, 0.1) is 0 Å². The highest BCUT2D eigenvalue weighted by Crippen LogP contribution is 2.38. The van der Waals surface area contributed by atoms with E-state index in [1.165, 1.54) is 0 Å². The van der Waals surface area contributed by atoms with Crippen LogP contribution in [0.5, 0.6) is 11.5 Å². The van der Waals surface area contributed by atoms with Gasteiger partial charge in [0.1, 0.15) is 6.61 Å². The summed E-state index contributed by atoms with van der Waals surface area (Å²) in [7, 11) is 0. The van der Waals surface area contributed by atoms with Gasteiger partial charge in [-0.1, -0.05) is 40.9 Å². The minimum Gasteiger partial charge on any atom is -0.490 e. The fourth-order valence-corrected chi connectivity index (χ4v) is 3.16. The number of hydrogen-bond donors (Lipinski definition) is 2. The van der Waals surface area contributed by atoms with Crippen LogP contribution in [0.3, 0.4) is 0 Å². The molecule has 0 aliphatic carbocycles. The van der Waals surface area contributed by atoms with Crippen LogP contribution in [-0.2, 0) is 13.2 Å². The minimum atomic E-state index is -0.417. The first-order valence-corrected chi connectivity index (χ1v) is 9.45. The lowest BCUT2D eigenvalue weighted by Crippen LogP contribution is -2.23. The zero-order valence-electron chi connectivity index (χ0n) is 14.7. The maximum Gasteiger partial charge on any atom is 0.180 e. The van der Waals surface area contributed by atoms with Crippen molar-refractivity contribution in [1.82, 2.24) is 5.32 Å². The average Bonchev–Trinajstić information content (AvgIpc) is 2.56. The van der Waals surface area contributed by atoms with Crippen LogP contribution in [0.15, 0.2) is 30.3 Å². The number of aliphatic hydroxyl groups excluding tert-OH is 1. The molecule has 0 aromatic heterocycles. The highest BCUT2D eigenvalue weighted by Gasteiger charge is 2.15. The molecule has 26 heavy (non-hydrogen) atoms. The van der Waals surface area contributed by atoms with Gasteiger partial charge in [-0.05, 0) is 43.7 Å². The topological polar surface area (TPSA) is 50.7 Å². The molecule has 2 rings (SSSR count). The van der Waals surface area contributed by atoms with E-state index in [0.29, 0.717) is 51.8 Å². The molecule has 7 heteroatoms. The number of halogens is 3. The Labute approximate surface area is 169 Å². The Morgan fingerprint density at radius 3 is 2.38 bits per heavy atom. The molecule has 0 bridgehead atoms. The summed E-state index contributed by atoms with van der Waals surface area (Å²) in [5.41, 5.74) is 1.62. The Balaban J connectivity index is 2.18. The van der Waals surface area contributed by atoms with Crippen molar-refractivity contribution in [3.63, 3.8) is 0 Å². The molecule has 0 saturated heterocycles. The van der Waals surface area contributed by atoms with E-state index in [0.717, 1.165) is 5.56 Å². The van der Waals surface area contributed by atoms with Gasteiger partial charge in [-0.15, -0.1) is 0 Å². The Kier molecular flexibility index (Phi) is 8.32. The van der Waals surface area contributed by atoms with Crippen molar-refractivity contribution >= 4 is 34.8 Å². The van der Waals surface area contributed by atoms with Crippen molar-refractivity contribution in [2.45, 2.75) is 33.1 Å². The van der Waals surface area contributed by atoms with Gasteiger partial charge >= 0.3 is 0 Å². The molecule has 2 aromatic carbocycles. The third-order valence-corrected chi connectivity index (χ3v) is 4.55. The van der Waals surface area contributed by atoms with Crippen LogP contribution < -0.4 is 14.8 Å². The molecule has 0 radical (unpaired) electrons. The predicted octanol–water partition coefficient (Wildman–Crippen LogP) is 5.09. The minimum absolute atomic E-state index is 0.178. The van der Waals surface area contributed by atoms with Gasteiger partial charge < -0.3 is 19.9 Å². The van der Waals surface area contributed by atoms with Crippen LogP contribution in [0.25, 0.3) is 0 Å².